The zero-order valence-electron chi connectivity index (χ0n) is 13.1. The fourth-order valence-electron chi connectivity index (χ4n) is 2.56. The molecule has 0 radical (unpaired) electrons. The minimum absolute atomic E-state index is 0.182. The second kappa shape index (κ2) is 5.80. The third kappa shape index (κ3) is 3.28. The molecule has 1 unspecified atom stereocenters. The molecule has 132 valence electrons. The molecule has 2 heterocycles. The monoisotopic (exact) mass is 354 g/mol. The van der Waals surface area contributed by atoms with Crippen LogP contribution >= 0.6 is 0 Å². The molecule has 0 bridgehead atoms. The van der Waals surface area contributed by atoms with Crippen LogP contribution in [0.25, 0.3) is 11.0 Å². The van der Waals surface area contributed by atoms with E-state index in [1.54, 1.807) is 13.8 Å². The summed E-state index contributed by atoms with van der Waals surface area (Å²) >= 11 is 0. The number of nitrogens with zero attached hydrogens (tertiary/aromatic N) is 3. The number of alkyl halides is 3. The van der Waals surface area contributed by atoms with Crippen molar-refractivity contribution in [1.82, 2.24) is 19.7 Å². The first-order valence-corrected chi connectivity index (χ1v) is 7.19. The van der Waals surface area contributed by atoms with Gasteiger partial charge in [0.2, 0.25) is 0 Å². The maximum atomic E-state index is 12.2. The largest absolute Gasteiger partial charge is 0.573 e. The van der Waals surface area contributed by atoms with Crippen LogP contribution in [0.15, 0.2) is 29.1 Å². The minimum atomic E-state index is -4.76. The molecule has 3 aromatic rings. The van der Waals surface area contributed by atoms with Gasteiger partial charge in [-0.3, -0.25) is 9.78 Å². The van der Waals surface area contributed by atoms with Gasteiger partial charge in [0.1, 0.15) is 11.1 Å². The molecule has 0 saturated carbocycles. The summed E-state index contributed by atoms with van der Waals surface area (Å²) in [7, 11) is 0. The van der Waals surface area contributed by atoms with E-state index in [9.17, 15) is 23.1 Å². The third-order valence-electron chi connectivity index (χ3n) is 3.69. The molecule has 1 atom stereocenters. The molecule has 0 aliphatic rings. The van der Waals surface area contributed by atoms with Crippen LogP contribution in [0.2, 0.25) is 0 Å². The molecule has 0 spiro atoms. The molecule has 25 heavy (non-hydrogen) atoms. The Morgan fingerprint density at radius 2 is 1.92 bits per heavy atom. The van der Waals surface area contributed by atoms with E-state index >= 15 is 0 Å². The van der Waals surface area contributed by atoms with Crippen molar-refractivity contribution >= 4 is 11.0 Å². The number of fused-ring (bicyclic) bond motifs is 1. The lowest BCUT2D eigenvalue weighted by Gasteiger charge is -2.14. The summed E-state index contributed by atoms with van der Waals surface area (Å²) in [5, 5.41) is 14.0. The number of aromatic hydroxyl groups is 1. The Labute approximate surface area is 138 Å². The summed E-state index contributed by atoms with van der Waals surface area (Å²) in [5.74, 6) is -0.336. The molecule has 7 nitrogen and oxygen atoms in total. The topological polar surface area (TPSA) is 93.0 Å². The Kier molecular flexibility index (Phi) is 3.90. The van der Waals surface area contributed by atoms with Gasteiger partial charge < -0.3 is 9.84 Å². The summed E-state index contributed by atoms with van der Waals surface area (Å²) in [6.07, 6.45) is -4.76. The second-order valence-corrected chi connectivity index (χ2v) is 5.41. The Hall–Kier alpha value is -3.04. The molecular weight excluding hydrogens is 341 g/mol. The minimum Gasteiger partial charge on any atom is -0.480 e. The summed E-state index contributed by atoms with van der Waals surface area (Å²) < 4.78 is 41.9. The van der Waals surface area contributed by atoms with E-state index in [0.717, 1.165) is 0 Å². The number of ether oxygens (including phenoxy) is 1. The van der Waals surface area contributed by atoms with E-state index < -0.39 is 24.0 Å². The van der Waals surface area contributed by atoms with Crippen LogP contribution in [0.4, 0.5) is 13.2 Å². The molecular formula is C15H13F3N4O3. The van der Waals surface area contributed by atoms with Gasteiger partial charge in [-0.2, -0.15) is 10.1 Å². The van der Waals surface area contributed by atoms with Gasteiger partial charge in [-0.15, -0.1) is 13.2 Å². The van der Waals surface area contributed by atoms with Crippen molar-refractivity contribution in [2.24, 2.45) is 0 Å². The van der Waals surface area contributed by atoms with Crippen LogP contribution in [0.3, 0.4) is 0 Å². The van der Waals surface area contributed by atoms with E-state index in [-0.39, 0.29) is 16.8 Å². The first-order valence-electron chi connectivity index (χ1n) is 7.19. The van der Waals surface area contributed by atoms with E-state index in [0.29, 0.717) is 11.3 Å². The highest BCUT2D eigenvalue weighted by molar-refractivity contribution is 5.77. The molecule has 10 heteroatoms. The van der Waals surface area contributed by atoms with Crippen LogP contribution < -0.4 is 10.3 Å². The number of rotatable bonds is 3. The summed E-state index contributed by atoms with van der Waals surface area (Å²) in [5.41, 5.74) is 0.711. The standard InChI is InChI=1S/C15H13F3N4O3/c1-7-11-12(19-14(24)20-13(11)23)22(21-7)8(2)9-3-5-10(6-4-9)25-15(16,17)18/h3-6,8H,1-2H3,(H2,19,20,23,24). The fourth-order valence-corrected chi connectivity index (χ4v) is 2.56. The zero-order chi connectivity index (χ0) is 18.4. The first-order chi connectivity index (χ1) is 11.7. The first kappa shape index (κ1) is 16.8. The highest BCUT2D eigenvalue weighted by Crippen LogP contribution is 2.27. The molecule has 2 aromatic heterocycles. The van der Waals surface area contributed by atoms with Gasteiger partial charge in [0.05, 0.1) is 11.7 Å². The van der Waals surface area contributed by atoms with E-state index in [1.807, 2.05) is 0 Å². The van der Waals surface area contributed by atoms with Gasteiger partial charge in [0.15, 0.2) is 5.65 Å². The van der Waals surface area contributed by atoms with Gasteiger partial charge in [-0.25, -0.2) is 4.68 Å². The number of hydrogen-bond donors (Lipinski definition) is 2. The lowest BCUT2D eigenvalue weighted by molar-refractivity contribution is -0.274. The van der Waals surface area contributed by atoms with Crippen molar-refractivity contribution in [3.05, 3.63) is 45.9 Å². The smallest absolute Gasteiger partial charge is 0.480 e. The van der Waals surface area contributed by atoms with Crippen LogP contribution in [-0.4, -0.2) is 31.2 Å². The van der Waals surface area contributed by atoms with Crippen molar-refractivity contribution in [3.8, 4) is 11.8 Å². The lowest BCUT2D eigenvalue weighted by atomic mass is 10.1. The van der Waals surface area contributed by atoms with Crippen molar-refractivity contribution < 1.29 is 23.0 Å². The number of aryl methyl sites for hydroxylation is 1. The number of hydrogen-bond acceptors (Lipinski definition) is 5. The van der Waals surface area contributed by atoms with Gasteiger partial charge in [-0.05, 0) is 31.5 Å². The Bertz CT molecular complexity index is 977. The number of benzene rings is 1. The predicted octanol–water partition coefficient (Wildman–Crippen LogP) is 2.64. The Morgan fingerprint density at radius 1 is 1.28 bits per heavy atom. The van der Waals surface area contributed by atoms with Gasteiger partial charge >= 0.3 is 6.36 Å². The van der Waals surface area contributed by atoms with Crippen LogP contribution in [-0.2, 0) is 0 Å². The summed E-state index contributed by atoms with van der Waals surface area (Å²) in [6.45, 7) is 3.37. The number of aromatic nitrogens is 4. The van der Waals surface area contributed by atoms with E-state index in [1.165, 1.54) is 28.9 Å². The van der Waals surface area contributed by atoms with E-state index in [2.05, 4.69) is 19.8 Å². The average molecular weight is 354 g/mol. The number of aromatic amines is 1. The second-order valence-electron chi connectivity index (χ2n) is 5.41. The van der Waals surface area contributed by atoms with Crippen molar-refractivity contribution in [1.29, 1.82) is 0 Å². The van der Waals surface area contributed by atoms with Gasteiger partial charge in [-0.1, -0.05) is 12.1 Å². The summed E-state index contributed by atoms with van der Waals surface area (Å²) in [6, 6.07) is 4.32. The predicted molar refractivity (Wildman–Crippen MR) is 81.5 cm³/mol. The van der Waals surface area contributed by atoms with Crippen LogP contribution in [0.5, 0.6) is 11.8 Å². The molecule has 0 fully saturated rings. The molecule has 3 rings (SSSR count). The summed E-state index contributed by atoms with van der Waals surface area (Å²) in [4.78, 5) is 18.0. The zero-order valence-corrected chi connectivity index (χ0v) is 13.1. The average Bonchev–Trinajstić information content (AvgIpc) is 2.82. The highest BCUT2D eigenvalue weighted by atomic mass is 19.4. The maximum Gasteiger partial charge on any atom is 0.573 e. The van der Waals surface area contributed by atoms with E-state index in [4.69, 9.17) is 0 Å². The van der Waals surface area contributed by atoms with Crippen molar-refractivity contribution in [3.63, 3.8) is 0 Å². The normalized spacial score (nSPS) is 13.2. The number of nitrogens with one attached hydrogen (secondary N) is 1. The van der Waals surface area contributed by atoms with Gasteiger partial charge in [0.25, 0.3) is 11.6 Å². The molecule has 0 amide bonds. The van der Waals surface area contributed by atoms with Crippen LogP contribution in [0, 0.1) is 6.92 Å². The molecule has 0 aliphatic heterocycles. The molecule has 2 N–H and O–H groups in total. The fraction of sp³-hybridized carbons (Fsp3) is 0.267. The van der Waals surface area contributed by atoms with Crippen LogP contribution in [0.1, 0.15) is 24.2 Å². The molecule has 0 saturated heterocycles. The lowest BCUT2D eigenvalue weighted by Crippen LogP contribution is -2.17. The SMILES string of the molecule is Cc1nn(C(C)c2ccc(OC(F)(F)F)cc2)c2nc(O)[nH]c(=O)c12. The molecule has 0 aliphatic carbocycles. The third-order valence-corrected chi connectivity index (χ3v) is 3.69. The molecule has 1 aromatic carbocycles. The van der Waals surface area contributed by atoms with Crippen molar-refractivity contribution in [2.45, 2.75) is 26.3 Å². The number of halogens is 3. The highest BCUT2D eigenvalue weighted by Gasteiger charge is 2.31. The number of H-pyrrole nitrogens is 1. The quantitative estimate of drug-likeness (QED) is 0.754. The Balaban J connectivity index is 2.00. The maximum absolute atomic E-state index is 12.2. The van der Waals surface area contributed by atoms with Gasteiger partial charge in [0, 0.05) is 0 Å². The van der Waals surface area contributed by atoms with Crippen molar-refractivity contribution in [2.75, 3.05) is 0 Å². The Morgan fingerprint density at radius 3 is 2.52 bits per heavy atom.